The topological polar surface area (TPSA) is 113 Å². The molecule has 0 aliphatic carbocycles. The number of aliphatic hydroxyl groups is 1. The van der Waals surface area contributed by atoms with E-state index in [-0.39, 0.29) is 0 Å². The molecular weight excluding hydrogens is 233 g/mol. The number of nitrogens with one attached hydrogen (secondary N) is 1. The zero-order chi connectivity index (χ0) is 12.9. The van der Waals surface area contributed by atoms with E-state index in [1.165, 1.54) is 0 Å². The van der Waals surface area contributed by atoms with Crippen LogP contribution >= 0.6 is 0 Å². The summed E-state index contributed by atoms with van der Waals surface area (Å²) in [7, 11) is 0. The van der Waals surface area contributed by atoms with Crippen molar-refractivity contribution in [1.29, 1.82) is 0 Å². The lowest BCUT2D eigenvalue weighted by atomic mass is 10.1. The predicted octanol–water partition coefficient (Wildman–Crippen LogP) is -1.31. The van der Waals surface area contributed by atoms with Crippen LogP contribution in [0.2, 0.25) is 0 Å². The van der Waals surface area contributed by atoms with Crippen molar-refractivity contribution >= 4 is 11.9 Å². The lowest BCUT2D eigenvalue weighted by Crippen LogP contribution is -2.43. The van der Waals surface area contributed by atoms with Crippen LogP contribution in [0.5, 0.6) is 0 Å². The lowest BCUT2D eigenvalue weighted by molar-refractivity contribution is -0.192. The third-order valence-corrected chi connectivity index (χ3v) is 1.71. The van der Waals surface area contributed by atoms with Crippen molar-refractivity contribution in [2.45, 2.75) is 12.3 Å². The Hall–Kier alpha value is -1.35. The molecule has 0 bridgehead atoms. The van der Waals surface area contributed by atoms with E-state index in [4.69, 9.17) is 10.2 Å². The van der Waals surface area contributed by atoms with E-state index in [0.29, 0.717) is 0 Å². The molecule has 6 nitrogen and oxygen atoms in total. The van der Waals surface area contributed by atoms with E-state index >= 15 is 0 Å². The number of aliphatic carboxylic acids is 1. The summed E-state index contributed by atoms with van der Waals surface area (Å²) in [5.74, 6) is -5.73. The number of carboxylic acid groups (broad SMARTS) is 1. The van der Waals surface area contributed by atoms with Gasteiger partial charge in [0.05, 0.1) is 0 Å². The van der Waals surface area contributed by atoms with Gasteiger partial charge in [0.2, 0.25) is 5.91 Å². The zero-order valence-corrected chi connectivity index (χ0v) is 7.99. The molecule has 0 aromatic carbocycles. The van der Waals surface area contributed by atoms with Crippen LogP contribution in [-0.4, -0.2) is 47.5 Å². The number of aliphatic hydroxyl groups excluding tert-OH is 1. The number of halogens is 3. The number of amides is 1. The first kappa shape index (κ1) is 14.6. The molecule has 0 fully saturated rings. The normalized spacial score (nSPS) is 15.5. The Bertz CT molecular complexity index is 269. The van der Waals surface area contributed by atoms with Crippen LogP contribution in [0.25, 0.3) is 0 Å². The summed E-state index contributed by atoms with van der Waals surface area (Å²) in [5.41, 5.74) is 4.63. The van der Waals surface area contributed by atoms with Gasteiger partial charge >= 0.3 is 12.1 Å². The minimum atomic E-state index is -4.89. The Morgan fingerprint density at radius 3 is 2.12 bits per heavy atom. The summed E-state index contributed by atoms with van der Waals surface area (Å²) in [5, 5.41) is 19.1. The highest BCUT2D eigenvalue weighted by Gasteiger charge is 2.44. The molecule has 5 N–H and O–H groups in total. The van der Waals surface area contributed by atoms with Crippen LogP contribution in [0.1, 0.15) is 0 Å². The van der Waals surface area contributed by atoms with Crippen molar-refractivity contribution in [3.05, 3.63) is 0 Å². The van der Waals surface area contributed by atoms with Crippen molar-refractivity contribution in [3.8, 4) is 0 Å². The maximum atomic E-state index is 12.1. The molecule has 0 saturated heterocycles. The van der Waals surface area contributed by atoms with E-state index in [9.17, 15) is 22.8 Å². The van der Waals surface area contributed by atoms with Crippen molar-refractivity contribution in [1.82, 2.24) is 5.32 Å². The van der Waals surface area contributed by atoms with Gasteiger partial charge in [0.1, 0.15) is 6.10 Å². The molecule has 2 unspecified atom stereocenters. The van der Waals surface area contributed by atoms with Gasteiger partial charge in [-0.2, -0.15) is 13.2 Å². The maximum absolute atomic E-state index is 12.1. The fourth-order valence-electron chi connectivity index (χ4n) is 0.808. The third kappa shape index (κ3) is 4.94. The number of nitrogens with two attached hydrogens (primary N) is 1. The van der Waals surface area contributed by atoms with Crippen molar-refractivity contribution < 1.29 is 33.0 Å². The van der Waals surface area contributed by atoms with E-state index in [1.807, 2.05) is 5.32 Å². The van der Waals surface area contributed by atoms with E-state index in [2.05, 4.69) is 5.73 Å². The van der Waals surface area contributed by atoms with Gasteiger partial charge in [-0.05, 0) is 0 Å². The number of carbonyl (C=O) groups is 2. The van der Waals surface area contributed by atoms with Gasteiger partial charge in [0.25, 0.3) is 0 Å². The molecule has 0 saturated carbocycles. The van der Waals surface area contributed by atoms with Crippen molar-refractivity contribution in [2.24, 2.45) is 11.7 Å². The predicted molar refractivity (Wildman–Crippen MR) is 45.3 cm³/mol. The average molecular weight is 244 g/mol. The summed E-state index contributed by atoms with van der Waals surface area (Å²) >= 11 is 0. The molecule has 0 aliphatic rings. The highest BCUT2D eigenvalue weighted by Crippen LogP contribution is 2.25. The summed E-state index contributed by atoms with van der Waals surface area (Å²) in [6, 6.07) is 0. The number of rotatable bonds is 6. The number of hydrogen-bond acceptors (Lipinski definition) is 4. The average Bonchev–Trinajstić information content (AvgIpc) is 2.08. The molecule has 9 heteroatoms. The van der Waals surface area contributed by atoms with Crippen LogP contribution < -0.4 is 11.1 Å². The molecule has 0 aromatic heterocycles. The highest BCUT2D eigenvalue weighted by molar-refractivity contribution is 5.78. The van der Waals surface area contributed by atoms with Crippen molar-refractivity contribution in [2.75, 3.05) is 13.1 Å². The molecule has 0 aromatic rings. The van der Waals surface area contributed by atoms with Gasteiger partial charge in [0.15, 0.2) is 5.92 Å². The minimum absolute atomic E-state index is 0.533. The zero-order valence-electron chi connectivity index (χ0n) is 7.99. The summed E-state index contributed by atoms with van der Waals surface area (Å²) in [4.78, 5) is 20.5. The molecular formula is C7H11F3N2O4. The summed E-state index contributed by atoms with van der Waals surface area (Å²) in [6.07, 6.45) is -6.54. The van der Waals surface area contributed by atoms with Gasteiger partial charge in [-0.25, -0.2) is 0 Å². The van der Waals surface area contributed by atoms with Crippen LogP contribution in [0.3, 0.4) is 0 Å². The molecule has 94 valence electrons. The van der Waals surface area contributed by atoms with E-state index in [1.54, 1.807) is 0 Å². The van der Waals surface area contributed by atoms with E-state index < -0.39 is 43.2 Å². The maximum Gasteiger partial charge on any atom is 0.403 e. The number of carbonyl (C=O) groups excluding carboxylic acids is 1. The number of alkyl halides is 3. The van der Waals surface area contributed by atoms with Crippen LogP contribution in [-0.2, 0) is 9.59 Å². The van der Waals surface area contributed by atoms with Gasteiger partial charge in [-0.1, -0.05) is 0 Å². The Kier molecular flexibility index (Phi) is 5.18. The number of primary amides is 1. The minimum Gasteiger partial charge on any atom is -0.481 e. The first-order valence-electron chi connectivity index (χ1n) is 4.14. The summed E-state index contributed by atoms with van der Waals surface area (Å²) in [6.45, 7) is -1.47. The molecule has 0 aliphatic heterocycles. The third-order valence-electron chi connectivity index (χ3n) is 1.71. The van der Waals surface area contributed by atoms with Gasteiger partial charge < -0.3 is 21.3 Å². The Morgan fingerprint density at radius 1 is 1.31 bits per heavy atom. The van der Waals surface area contributed by atoms with E-state index in [0.717, 1.165) is 0 Å². The molecule has 2 atom stereocenters. The molecule has 0 radical (unpaired) electrons. The monoisotopic (exact) mass is 244 g/mol. The molecule has 0 spiro atoms. The molecule has 1 amide bonds. The standard InChI is InChI=1S/C7H11F3N2O4/c8-7(9,10)3(6(15)16)1-12-2-4(13)5(11)14/h3-4,12-13H,1-2H2,(H2,11,14)(H,15,16). The number of hydrogen-bond donors (Lipinski definition) is 4. The van der Waals surface area contributed by atoms with Gasteiger partial charge in [-0.3, -0.25) is 9.59 Å². The second-order valence-electron chi connectivity index (χ2n) is 3.01. The highest BCUT2D eigenvalue weighted by atomic mass is 19.4. The van der Waals surface area contributed by atoms with Gasteiger partial charge in [0, 0.05) is 13.1 Å². The van der Waals surface area contributed by atoms with Gasteiger partial charge in [-0.15, -0.1) is 0 Å². The molecule has 0 rings (SSSR count). The molecule has 0 heterocycles. The van der Waals surface area contributed by atoms with Crippen LogP contribution in [0.4, 0.5) is 13.2 Å². The van der Waals surface area contributed by atoms with Crippen molar-refractivity contribution in [3.63, 3.8) is 0 Å². The fourth-order valence-corrected chi connectivity index (χ4v) is 0.808. The van der Waals surface area contributed by atoms with Crippen LogP contribution in [0, 0.1) is 5.92 Å². The summed E-state index contributed by atoms with van der Waals surface area (Å²) < 4.78 is 36.2. The van der Waals surface area contributed by atoms with Crippen LogP contribution in [0.15, 0.2) is 0 Å². The first-order valence-corrected chi connectivity index (χ1v) is 4.14. The Balaban J connectivity index is 4.15. The lowest BCUT2D eigenvalue weighted by Gasteiger charge is -2.17. The Morgan fingerprint density at radius 2 is 1.81 bits per heavy atom. The molecule has 16 heavy (non-hydrogen) atoms. The first-order chi connectivity index (χ1) is 7.16. The Labute approximate surface area is 88.2 Å². The smallest absolute Gasteiger partial charge is 0.403 e. The SMILES string of the molecule is NC(=O)C(O)CNCC(C(=O)O)C(F)(F)F. The second-order valence-corrected chi connectivity index (χ2v) is 3.01. The largest absolute Gasteiger partial charge is 0.481 e. The number of carboxylic acids is 1. The second kappa shape index (κ2) is 5.66. The fraction of sp³-hybridized carbons (Fsp3) is 0.714. The quantitative estimate of drug-likeness (QED) is 0.463.